The van der Waals surface area contributed by atoms with E-state index < -0.39 is 11.7 Å². The molecule has 1 rings (SSSR count). The first-order valence-corrected chi connectivity index (χ1v) is 4.48. The van der Waals surface area contributed by atoms with Crippen LogP contribution in [0, 0.1) is 5.82 Å². The molecule has 2 N–H and O–H groups in total. The first kappa shape index (κ1) is 12.3. The van der Waals surface area contributed by atoms with Gasteiger partial charge in [-0.3, -0.25) is 4.79 Å². The zero-order valence-corrected chi connectivity index (χ0v) is 8.95. The Balaban J connectivity index is 3.02. The second kappa shape index (κ2) is 5.32. The number of amides is 1. The summed E-state index contributed by atoms with van der Waals surface area (Å²) in [4.78, 5) is 11.0. The van der Waals surface area contributed by atoms with Gasteiger partial charge in [-0.25, -0.2) is 4.39 Å². The molecule has 1 amide bonds. The van der Waals surface area contributed by atoms with Gasteiger partial charge >= 0.3 is 0 Å². The molecule has 0 fully saturated rings. The van der Waals surface area contributed by atoms with Gasteiger partial charge in [-0.2, -0.15) is 0 Å². The van der Waals surface area contributed by atoms with Crippen molar-refractivity contribution in [3.05, 3.63) is 23.0 Å². The molecule has 0 heterocycles. The van der Waals surface area contributed by atoms with Gasteiger partial charge in [0.25, 0.3) is 5.91 Å². The van der Waals surface area contributed by atoms with Crippen molar-refractivity contribution in [3.63, 3.8) is 0 Å². The van der Waals surface area contributed by atoms with E-state index in [0.717, 1.165) is 0 Å². The normalized spacial score (nSPS) is 10.4. The molecule has 0 radical (unpaired) electrons. The largest absolute Gasteiger partial charge is 0.492 e. The van der Waals surface area contributed by atoms with Crippen molar-refractivity contribution in [2.45, 2.75) is 0 Å². The number of nitrogens with one attached hydrogen (secondary N) is 1. The Morgan fingerprint density at radius 3 is 2.94 bits per heavy atom. The topological polar surface area (TPSA) is 70.9 Å². The minimum atomic E-state index is -0.797. The van der Waals surface area contributed by atoms with Gasteiger partial charge in [-0.05, 0) is 12.1 Å². The average Bonchev–Trinajstić information content (AvgIpc) is 2.23. The summed E-state index contributed by atoms with van der Waals surface area (Å²) in [7, 11) is 1.26. The van der Waals surface area contributed by atoms with Crippen molar-refractivity contribution in [2.75, 3.05) is 12.4 Å². The van der Waals surface area contributed by atoms with E-state index in [1.165, 1.54) is 19.2 Å². The minimum absolute atomic E-state index is 0.0915. The standard InChI is InChI=1S/C9H8ClFN2O3/c1-16-9-5(10)2-3-6(8(9)11)13-7(14)4-12-15/h2-4,15H,1H3,(H,13,14). The lowest BCUT2D eigenvalue weighted by Crippen LogP contribution is -2.14. The van der Waals surface area contributed by atoms with Gasteiger partial charge in [-0.15, -0.1) is 0 Å². The fraction of sp³-hybridized carbons (Fsp3) is 0.111. The summed E-state index contributed by atoms with van der Waals surface area (Å²) in [5.41, 5.74) is -0.119. The van der Waals surface area contributed by atoms with Crippen LogP contribution in [0.3, 0.4) is 0 Å². The SMILES string of the molecule is COc1c(Cl)ccc(NC(=O)C=NO)c1F. The Morgan fingerprint density at radius 1 is 1.69 bits per heavy atom. The van der Waals surface area contributed by atoms with Gasteiger partial charge in [0, 0.05) is 0 Å². The molecule has 0 atom stereocenters. The van der Waals surface area contributed by atoms with E-state index in [1.54, 1.807) is 0 Å². The molecule has 0 aliphatic rings. The van der Waals surface area contributed by atoms with Crippen molar-refractivity contribution in [3.8, 4) is 5.75 Å². The predicted molar refractivity (Wildman–Crippen MR) is 56.9 cm³/mol. The summed E-state index contributed by atoms with van der Waals surface area (Å²) in [5.74, 6) is -1.74. The summed E-state index contributed by atoms with van der Waals surface area (Å²) >= 11 is 5.66. The second-order valence-corrected chi connectivity index (χ2v) is 3.08. The summed E-state index contributed by atoms with van der Waals surface area (Å²) in [6.07, 6.45) is 0.598. The van der Waals surface area contributed by atoms with E-state index in [4.69, 9.17) is 21.5 Å². The van der Waals surface area contributed by atoms with Gasteiger partial charge in [-0.1, -0.05) is 16.8 Å². The maximum absolute atomic E-state index is 13.6. The number of hydrogen-bond donors (Lipinski definition) is 2. The van der Waals surface area contributed by atoms with Gasteiger partial charge in [0.1, 0.15) is 6.21 Å². The Kier molecular flexibility index (Phi) is 4.07. The number of benzene rings is 1. The van der Waals surface area contributed by atoms with Crippen LogP contribution >= 0.6 is 11.6 Å². The third-order valence-electron chi connectivity index (χ3n) is 1.69. The molecular weight excluding hydrogens is 239 g/mol. The zero-order chi connectivity index (χ0) is 12.1. The molecule has 0 saturated carbocycles. The highest BCUT2D eigenvalue weighted by atomic mass is 35.5. The van der Waals surface area contributed by atoms with E-state index >= 15 is 0 Å². The molecule has 0 aliphatic carbocycles. The molecule has 16 heavy (non-hydrogen) atoms. The minimum Gasteiger partial charge on any atom is -0.492 e. The smallest absolute Gasteiger partial charge is 0.270 e. The first-order chi connectivity index (χ1) is 7.60. The number of methoxy groups -OCH3 is 1. The second-order valence-electron chi connectivity index (χ2n) is 2.68. The molecule has 1 aromatic carbocycles. The van der Waals surface area contributed by atoms with E-state index in [1.807, 2.05) is 0 Å². The third-order valence-corrected chi connectivity index (χ3v) is 1.98. The van der Waals surface area contributed by atoms with Crippen molar-refractivity contribution in [1.29, 1.82) is 0 Å². The highest BCUT2D eigenvalue weighted by Gasteiger charge is 2.14. The summed E-state index contributed by atoms with van der Waals surface area (Å²) in [5, 5.41) is 12.8. The maximum Gasteiger partial charge on any atom is 0.270 e. The van der Waals surface area contributed by atoms with Gasteiger partial charge < -0.3 is 15.3 Å². The summed E-state index contributed by atoms with van der Waals surface area (Å²) < 4.78 is 18.3. The van der Waals surface area contributed by atoms with Gasteiger partial charge in [0.05, 0.1) is 17.8 Å². The fourth-order valence-electron chi connectivity index (χ4n) is 1.03. The lowest BCUT2D eigenvalue weighted by Gasteiger charge is -2.08. The van der Waals surface area contributed by atoms with E-state index in [-0.39, 0.29) is 16.5 Å². The highest BCUT2D eigenvalue weighted by molar-refractivity contribution is 6.33. The van der Waals surface area contributed by atoms with Crippen LogP contribution in [0.5, 0.6) is 5.75 Å². The zero-order valence-electron chi connectivity index (χ0n) is 8.20. The number of oxime groups is 1. The Bertz CT molecular complexity index is 437. The number of nitrogens with zero attached hydrogens (tertiary/aromatic N) is 1. The Morgan fingerprint density at radius 2 is 2.38 bits per heavy atom. The molecule has 0 spiro atoms. The molecule has 0 unspecified atom stereocenters. The number of hydrogen-bond acceptors (Lipinski definition) is 4. The average molecular weight is 247 g/mol. The van der Waals surface area contributed by atoms with Crippen LogP contribution in [0.15, 0.2) is 17.3 Å². The monoisotopic (exact) mass is 246 g/mol. The number of rotatable bonds is 3. The van der Waals surface area contributed by atoms with E-state index in [2.05, 4.69) is 10.5 Å². The highest BCUT2D eigenvalue weighted by Crippen LogP contribution is 2.32. The van der Waals surface area contributed by atoms with E-state index in [9.17, 15) is 9.18 Å². The molecular formula is C9H8ClFN2O3. The summed E-state index contributed by atoms with van der Waals surface area (Å²) in [6, 6.07) is 2.64. The molecule has 0 bridgehead atoms. The first-order valence-electron chi connectivity index (χ1n) is 4.10. The van der Waals surface area contributed by atoms with Crippen LogP contribution in [0.1, 0.15) is 0 Å². The molecule has 0 aliphatic heterocycles. The van der Waals surface area contributed by atoms with Crippen LogP contribution in [0.2, 0.25) is 5.02 Å². The lowest BCUT2D eigenvalue weighted by molar-refractivity contribution is -0.110. The van der Waals surface area contributed by atoms with Gasteiger partial charge in [0.15, 0.2) is 11.6 Å². The van der Waals surface area contributed by atoms with Crippen molar-refractivity contribution < 1.29 is 19.1 Å². The number of carbonyl (C=O) groups is 1. The summed E-state index contributed by atoms with van der Waals surface area (Å²) in [6.45, 7) is 0. The number of carbonyl (C=O) groups excluding carboxylic acids is 1. The van der Waals surface area contributed by atoms with Crippen LogP contribution in [0.4, 0.5) is 10.1 Å². The predicted octanol–water partition coefficient (Wildman–Crippen LogP) is 1.89. The van der Waals surface area contributed by atoms with Crippen LogP contribution in [-0.4, -0.2) is 24.4 Å². The Labute approximate surface area is 95.5 Å². The van der Waals surface area contributed by atoms with E-state index in [0.29, 0.717) is 6.21 Å². The molecule has 0 saturated heterocycles. The van der Waals surface area contributed by atoms with Crippen molar-refractivity contribution >= 4 is 29.4 Å². The third kappa shape index (κ3) is 2.60. The molecule has 0 aromatic heterocycles. The van der Waals surface area contributed by atoms with Crippen LogP contribution < -0.4 is 10.1 Å². The fourth-order valence-corrected chi connectivity index (χ4v) is 1.26. The van der Waals surface area contributed by atoms with Crippen molar-refractivity contribution in [2.24, 2.45) is 5.16 Å². The molecule has 1 aromatic rings. The lowest BCUT2D eigenvalue weighted by atomic mass is 10.2. The number of halogens is 2. The van der Waals surface area contributed by atoms with Crippen molar-refractivity contribution in [1.82, 2.24) is 0 Å². The molecule has 5 nitrogen and oxygen atoms in total. The number of anilines is 1. The quantitative estimate of drug-likeness (QED) is 0.486. The Hall–Kier alpha value is -1.82. The van der Waals surface area contributed by atoms with Crippen LogP contribution in [-0.2, 0) is 4.79 Å². The maximum atomic E-state index is 13.6. The van der Waals surface area contributed by atoms with Crippen LogP contribution in [0.25, 0.3) is 0 Å². The molecule has 86 valence electrons. The number of ether oxygens (including phenoxy) is 1. The molecule has 7 heteroatoms. The van der Waals surface area contributed by atoms with Gasteiger partial charge in [0.2, 0.25) is 0 Å².